The maximum atomic E-state index is 13.0. The van der Waals surface area contributed by atoms with Crippen molar-refractivity contribution in [1.29, 1.82) is 0 Å². The van der Waals surface area contributed by atoms with Gasteiger partial charge in [-0.05, 0) is 52.4 Å². The fraction of sp³-hybridized carbons (Fsp3) is 0.160. The molecule has 3 aromatic carbocycles. The van der Waals surface area contributed by atoms with E-state index in [0.29, 0.717) is 23.8 Å². The molecule has 1 unspecified atom stereocenters. The van der Waals surface area contributed by atoms with Gasteiger partial charge in [-0.15, -0.1) is 5.10 Å². The zero-order valence-corrected chi connectivity index (χ0v) is 18.8. The molecule has 2 N–H and O–H groups in total. The van der Waals surface area contributed by atoms with Crippen LogP contribution in [-0.2, 0) is 27.5 Å². The van der Waals surface area contributed by atoms with Crippen LogP contribution < -0.4 is 15.4 Å². The van der Waals surface area contributed by atoms with E-state index in [4.69, 9.17) is 9.47 Å². The monoisotopic (exact) mass is 472 g/mol. The number of anilines is 1. The van der Waals surface area contributed by atoms with Crippen molar-refractivity contribution in [2.24, 2.45) is 0 Å². The lowest BCUT2D eigenvalue weighted by atomic mass is 10.2. The molecule has 10 heteroatoms. The van der Waals surface area contributed by atoms with Gasteiger partial charge in [-0.25, -0.2) is 4.68 Å². The van der Waals surface area contributed by atoms with Crippen LogP contribution in [0.4, 0.5) is 5.69 Å². The fourth-order valence-corrected chi connectivity index (χ4v) is 3.15. The molecule has 0 aliphatic carbocycles. The number of carbonyl (C=O) groups excluding carboxylic acids is 2. The van der Waals surface area contributed by atoms with Crippen molar-refractivity contribution in [3.63, 3.8) is 0 Å². The largest absolute Gasteiger partial charge is 0.457 e. The van der Waals surface area contributed by atoms with Crippen LogP contribution in [0, 0.1) is 0 Å². The third kappa shape index (κ3) is 7.47. The highest BCUT2D eigenvalue weighted by atomic mass is 16.5. The Labute approximate surface area is 201 Å². The topological polar surface area (TPSA) is 120 Å². The van der Waals surface area contributed by atoms with E-state index in [0.717, 1.165) is 5.56 Å². The van der Waals surface area contributed by atoms with E-state index in [2.05, 4.69) is 26.2 Å². The summed E-state index contributed by atoms with van der Waals surface area (Å²) in [6, 6.07) is 25.0. The van der Waals surface area contributed by atoms with Crippen molar-refractivity contribution < 1.29 is 19.1 Å². The van der Waals surface area contributed by atoms with Crippen molar-refractivity contribution in [2.75, 3.05) is 11.9 Å². The highest BCUT2D eigenvalue weighted by Crippen LogP contribution is 2.22. The number of para-hydroxylation sites is 1. The Balaban J connectivity index is 1.36. The van der Waals surface area contributed by atoms with E-state index in [1.807, 2.05) is 60.7 Å². The summed E-state index contributed by atoms with van der Waals surface area (Å²) in [6.07, 6.45) is 1.32. The molecule has 4 rings (SSSR count). The van der Waals surface area contributed by atoms with Gasteiger partial charge in [0.2, 0.25) is 11.8 Å². The first-order chi connectivity index (χ1) is 17.2. The summed E-state index contributed by atoms with van der Waals surface area (Å²) in [5.41, 5.74) is 1.51. The van der Waals surface area contributed by atoms with Crippen LogP contribution in [0.5, 0.6) is 11.5 Å². The molecule has 0 radical (unpaired) electrons. The molecule has 0 saturated heterocycles. The third-order valence-electron chi connectivity index (χ3n) is 4.85. The number of hydrogen-bond donors (Lipinski definition) is 2. The Hall–Kier alpha value is -4.57. The molecule has 1 heterocycles. The van der Waals surface area contributed by atoms with Gasteiger partial charge >= 0.3 is 0 Å². The molecule has 0 fully saturated rings. The standard InChI is InChI=1S/C25H24N6O4/c32-24(15-31-18-26-29-30-31)28-23(17-34-16-19-7-3-1-4-8-19)25(33)27-20-11-13-22(14-12-20)35-21-9-5-2-6-10-21/h1-14,18,23H,15-17H2,(H,27,33)(H,28,32). The molecule has 1 atom stereocenters. The van der Waals surface area contributed by atoms with Crippen LogP contribution in [0.1, 0.15) is 5.56 Å². The van der Waals surface area contributed by atoms with Gasteiger partial charge in [0.05, 0.1) is 13.2 Å². The van der Waals surface area contributed by atoms with Gasteiger partial charge in [0.25, 0.3) is 0 Å². The zero-order chi connectivity index (χ0) is 24.3. The number of amides is 2. The summed E-state index contributed by atoms with van der Waals surface area (Å²) in [7, 11) is 0. The molecule has 35 heavy (non-hydrogen) atoms. The lowest BCUT2D eigenvalue weighted by Gasteiger charge is -2.19. The number of nitrogens with zero attached hydrogens (tertiary/aromatic N) is 4. The number of benzene rings is 3. The predicted octanol–water partition coefficient (Wildman–Crippen LogP) is 2.81. The first-order valence-corrected chi connectivity index (χ1v) is 10.9. The summed E-state index contributed by atoms with van der Waals surface area (Å²) in [6.45, 7) is 0.164. The zero-order valence-electron chi connectivity index (χ0n) is 18.8. The van der Waals surface area contributed by atoms with Crippen LogP contribution in [0.15, 0.2) is 91.3 Å². The number of tetrazole rings is 1. The maximum absolute atomic E-state index is 13.0. The summed E-state index contributed by atoms with van der Waals surface area (Å²) in [5, 5.41) is 16.2. The average Bonchev–Trinajstić information content (AvgIpc) is 3.39. The van der Waals surface area contributed by atoms with Crippen LogP contribution in [0.2, 0.25) is 0 Å². The van der Waals surface area contributed by atoms with E-state index in [9.17, 15) is 9.59 Å². The van der Waals surface area contributed by atoms with Gasteiger partial charge < -0.3 is 20.1 Å². The van der Waals surface area contributed by atoms with Gasteiger partial charge in [0.1, 0.15) is 30.4 Å². The Morgan fingerprint density at radius 2 is 1.57 bits per heavy atom. The highest BCUT2D eigenvalue weighted by molar-refractivity contribution is 5.97. The molecule has 178 valence electrons. The van der Waals surface area contributed by atoms with Gasteiger partial charge in [0.15, 0.2) is 0 Å². The van der Waals surface area contributed by atoms with Gasteiger partial charge in [-0.1, -0.05) is 48.5 Å². The van der Waals surface area contributed by atoms with E-state index in [-0.39, 0.29) is 13.2 Å². The number of nitrogens with one attached hydrogen (secondary N) is 2. The SMILES string of the molecule is O=C(Cn1cnnn1)NC(COCc1ccccc1)C(=O)Nc1ccc(Oc2ccccc2)cc1. The molecule has 0 spiro atoms. The summed E-state index contributed by atoms with van der Waals surface area (Å²) < 4.78 is 12.8. The summed E-state index contributed by atoms with van der Waals surface area (Å²) in [5.74, 6) is 0.504. The lowest BCUT2D eigenvalue weighted by molar-refractivity contribution is -0.128. The Morgan fingerprint density at radius 1 is 0.886 bits per heavy atom. The van der Waals surface area contributed by atoms with Crippen LogP contribution in [-0.4, -0.2) is 44.7 Å². The number of aromatic nitrogens is 4. The minimum absolute atomic E-state index is 0.0166. The van der Waals surface area contributed by atoms with Gasteiger partial charge in [-0.2, -0.15) is 0 Å². The lowest BCUT2D eigenvalue weighted by Crippen LogP contribution is -2.47. The number of ether oxygens (including phenoxy) is 2. The van der Waals surface area contributed by atoms with Gasteiger partial charge in [-0.3, -0.25) is 9.59 Å². The van der Waals surface area contributed by atoms with Crippen LogP contribution in [0.25, 0.3) is 0 Å². The molecular formula is C25H24N6O4. The van der Waals surface area contributed by atoms with E-state index < -0.39 is 17.9 Å². The van der Waals surface area contributed by atoms with Crippen LogP contribution in [0.3, 0.4) is 0 Å². The molecule has 4 aromatic rings. The maximum Gasteiger partial charge on any atom is 0.249 e. The normalized spacial score (nSPS) is 11.4. The number of carbonyl (C=O) groups is 2. The minimum atomic E-state index is -0.928. The minimum Gasteiger partial charge on any atom is -0.457 e. The van der Waals surface area contributed by atoms with E-state index in [1.54, 1.807) is 24.3 Å². The second-order valence-electron chi connectivity index (χ2n) is 7.56. The molecule has 0 bridgehead atoms. The first kappa shape index (κ1) is 23.6. The molecule has 2 amide bonds. The van der Waals surface area contributed by atoms with Gasteiger partial charge in [0, 0.05) is 5.69 Å². The first-order valence-electron chi connectivity index (χ1n) is 10.9. The van der Waals surface area contributed by atoms with Crippen molar-refractivity contribution in [1.82, 2.24) is 25.5 Å². The molecule has 0 saturated carbocycles. The Bertz CT molecular complexity index is 1200. The fourth-order valence-electron chi connectivity index (χ4n) is 3.15. The van der Waals surface area contributed by atoms with Crippen molar-refractivity contribution in [3.05, 3.63) is 96.8 Å². The van der Waals surface area contributed by atoms with Crippen molar-refractivity contribution in [3.8, 4) is 11.5 Å². The van der Waals surface area contributed by atoms with Crippen molar-refractivity contribution in [2.45, 2.75) is 19.2 Å². The molecule has 0 aliphatic rings. The predicted molar refractivity (Wildman–Crippen MR) is 127 cm³/mol. The molecule has 10 nitrogen and oxygen atoms in total. The van der Waals surface area contributed by atoms with Crippen molar-refractivity contribution >= 4 is 17.5 Å². The van der Waals surface area contributed by atoms with E-state index >= 15 is 0 Å². The average molecular weight is 473 g/mol. The second-order valence-corrected chi connectivity index (χ2v) is 7.56. The number of rotatable bonds is 11. The Morgan fingerprint density at radius 3 is 2.26 bits per heavy atom. The quantitative estimate of drug-likeness (QED) is 0.344. The molecular weight excluding hydrogens is 448 g/mol. The molecule has 0 aliphatic heterocycles. The molecule has 1 aromatic heterocycles. The smallest absolute Gasteiger partial charge is 0.249 e. The van der Waals surface area contributed by atoms with E-state index in [1.165, 1.54) is 11.0 Å². The summed E-state index contributed by atoms with van der Waals surface area (Å²) >= 11 is 0. The second kappa shape index (κ2) is 12.1. The summed E-state index contributed by atoms with van der Waals surface area (Å²) in [4.78, 5) is 25.4. The Kier molecular flexibility index (Phi) is 8.12. The van der Waals surface area contributed by atoms with Crippen LogP contribution >= 0.6 is 0 Å². The number of hydrogen-bond acceptors (Lipinski definition) is 7. The third-order valence-corrected chi connectivity index (χ3v) is 4.85. The highest BCUT2D eigenvalue weighted by Gasteiger charge is 2.22.